The van der Waals surface area contributed by atoms with Crippen LogP contribution in [0.2, 0.25) is 0 Å². The Balaban J connectivity index is 3.27. The standard InChI is InChI=1S/C20H36O3/c1-3-4-5-6-7-8-9-10-11-12-13-14-15-16-17-20(21)23-19-18-22-2/h8-11H,3-7,12-19H2,1-2H3. The van der Waals surface area contributed by atoms with Crippen molar-refractivity contribution in [1.82, 2.24) is 0 Å². The van der Waals surface area contributed by atoms with E-state index in [1.54, 1.807) is 7.11 Å². The van der Waals surface area contributed by atoms with E-state index in [9.17, 15) is 4.79 Å². The number of allylic oxidation sites excluding steroid dienone is 4. The van der Waals surface area contributed by atoms with Crippen LogP contribution in [-0.2, 0) is 14.3 Å². The molecule has 3 nitrogen and oxygen atoms in total. The van der Waals surface area contributed by atoms with Crippen LogP contribution in [0.4, 0.5) is 0 Å². The summed E-state index contributed by atoms with van der Waals surface area (Å²) in [5.41, 5.74) is 0. The lowest BCUT2D eigenvalue weighted by Crippen LogP contribution is -2.09. The number of carbonyl (C=O) groups excluding carboxylic acids is 1. The molecule has 0 aromatic carbocycles. The van der Waals surface area contributed by atoms with Crippen LogP contribution in [0.5, 0.6) is 0 Å². The molecule has 0 N–H and O–H groups in total. The molecule has 0 aromatic heterocycles. The number of ether oxygens (including phenoxy) is 2. The molecule has 134 valence electrons. The summed E-state index contributed by atoms with van der Waals surface area (Å²) in [5.74, 6) is -0.106. The van der Waals surface area contributed by atoms with Gasteiger partial charge in [-0.1, -0.05) is 63.3 Å². The van der Waals surface area contributed by atoms with Crippen molar-refractivity contribution in [3.8, 4) is 0 Å². The number of esters is 1. The first kappa shape index (κ1) is 21.9. The van der Waals surface area contributed by atoms with E-state index in [0.29, 0.717) is 19.6 Å². The van der Waals surface area contributed by atoms with Crippen LogP contribution in [-0.4, -0.2) is 26.3 Å². The molecule has 0 spiro atoms. The highest BCUT2D eigenvalue weighted by Crippen LogP contribution is 2.07. The van der Waals surface area contributed by atoms with Gasteiger partial charge >= 0.3 is 5.97 Å². The van der Waals surface area contributed by atoms with Crippen LogP contribution in [0.1, 0.15) is 77.6 Å². The van der Waals surface area contributed by atoms with Crippen LogP contribution < -0.4 is 0 Å². The number of unbranched alkanes of at least 4 members (excludes halogenated alkanes) is 8. The molecule has 0 unspecified atom stereocenters. The van der Waals surface area contributed by atoms with E-state index in [2.05, 4.69) is 31.2 Å². The summed E-state index contributed by atoms with van der Waals surface area (Å²) in [6.45, 7) is 3.09. The molecular weight excluding hydrogens is 288 g/mol. The van der Waals surface area contributed by atoms with E-state index >= 15 is 0 Å². The van der Waals surface area contributed by atoms with Crippen molar-refractivity contribution in [1.29, 1.82) is 0 Å². The lowest BCUT2D eigenvalue weighted by atomic mass is 10.1. The topological polar surface area (TPSA) is 35.5 Å². The van der Waals surface area contributed by atoms with E-state index in [1.165, 1.54) is 44.9 Å². The maximum Gasteiger partial charge on any atom is 0.305 e. The fraction of sp³-hybridized carbons (Fsp3) is 0.750. The molecule has 0 radical (unpaired) electrons. The summed E-state index contributed by atoms with van der Waals surface area (Å²) in [7, 11) is 1.60. The normalized spacial score (nSPS) is 11.6. The molecule has 0 saturated heterocycles. The molecule has 0 aliphatic rings. The summed E-state index contributed by atoms with van der Waals surface area (Å²) in [6, 6.07) is 0. The first-order chi connectivity index (χ1) is 11.3. The minimum absolute atomic E-state index is 0.106. The number of hydrogen-bond acceptors (Lipinski definition) is 3. The first-order valence-electron chi connectivity index (χ1n) is 9.27. The SMILES string of the molecule is CCCCCCC=CC=CCCCCCCC(=O)OCCOC. The third-order valence-corrected chi connectivity index (χ3v) is 3.66. The highest BCUT2D eigenvalue weighted by atomic mass is 16.6. The molecule has 0 saturated carbocycles. The van der Waals surface area contributed by atoms with Crippen molar-refractivity contribution < 1.29 is 14.3 Å². The molecule has 0 heterocycles. The maximum atomic E-state index is 11.3. The van der Waals surface area contributed by atoms with Crippen molar-refractivity contribution in [3.05, 3.63) is 24.3 Å². The van der Waals surface area contributed by atoms with Gasteiger partial charge in [0.2, 0.25) is 0 Å². The van der Waals surface area contributed by atoms with E-state index in [1.807, 2.05) is 0 Å². The quantitative estimate of drug-likeness (QED) is 0.211. The maximum absolute atomic E-state index is 11.3. The lowest BCUT2D eigenvalue weighted by molar-refractivity contribution is -0.145. The second-order valence-electron chi connectivity index (χ2n) is 5.87. The lowest BCUT2D eigenvalue weighted by Gasteiger charge is -2.03. The number of carbonyl (C=O) groups is 1. The second-order valence-corrected chi connectivity index (χ2v) is 5.87. The van der Waals surface area contributed by atoms with Crippen LogP contribution in [0, 0.1) is 0 Å². The minimum atomic E-state index is -0.106. The van der Waals surface area contributed by atoms with Gasteiger partial charge in [-0.15, -0.1) is 0 Å². The third-order valence-electron chi connectivity index (χ3n) is 3.66. The summed E-state index contributed by atoms with van der Waals surface area (Å²) >= 11 is 0. The van der Waals surface area contributed by atoms with Crippen LogP contribution in [0.15, 0.2) is 24.3 Å². The van der Waals surface area contributed by atoms with Gasteiger partial charge in [0, 0.05) is 13.5 Å². The van der Waals surface area contributed by atoms with Gasteiger partial charge in [0.05, 0.1) is 6.61 Å². The molecule has 0 fully saturated rings. The van der Waals surface area contributed by atoms with Gasteiger partial charge in [0.25, 0.3) is 0 Å². The summed E-state index contributed by atoms with van der Waals surface area (Å²) in [6.07, 6.45) is 21.4. The zero-order valence-electron chi connectivity index (χ0n) is 15.2. The Morgan fingerprint density at radius 3 is 2.04 bits per heavy atom. The van der Waals surface area contributed by atoms with Crippen molar-refractivity contribution in [2.75, 3.05) is 20.3 Å². The monoisotopic (exact) mass is 324 g/mol. The Bertz CT molecular complexity index is 308. The smallest absolute Gasteiger partial charge is 0.305 e. The number of rotatable bonds is 16. The Labute approximate surface area is 143 Å². The molecule has 3 heteroatoms. The Morgan fingerprint density at radius 1 is 0.826 bits per heavy atom. The Morgan fingerprint density at radius 2 is 1.43 bits per heavy atom. The predicted molar refractivity (Wildman–Crippen MR) is 97.6 cm³/mol. The van der Waals surface area contributed by atoms with Crippen molar-refractivity contribution in [2.45, 2.75) is 77.6 Å². The summed E-state index contributed by atoms with van der Waals surface area (Å²) < 4.78 is 9.84. The van der Waals surface area contributed by atoms with Crippen LogP contribution in [0.3, 0.4) is 0 Å². The second kappa shape index (κ2) is 19.0. The van der Waals surface area contributed by atoms with E-state index in [0.717, 1.165) is 19.3 Å². The van der Waals surface area contributed by atoms with Crippen LogP contribution in [0.25, 0.3) is 0 Å². The van der Waals surface area contributed by atoms with Crippen molar-refractivity contribution >= 4 is 5.97 Å². The molecule has 0 bridgehead atoms. The molecule has 0 aromatic rings. The van der Waals surface area contributed by atoms with Crippen molar-refractivity contribution in [3.63, 3.8) is 0 Å². The summed E-state index contributed by atoms with van der Waals surface area (Å²) in [4.78, 5) is 11.3. The van der Waals surface area contributed by atoms with E-state index in [4.69, 9.17) is 9.47 Å². The zero-order valence-corrected chi connectivity index (χ0v) is 15.2. The number of methoxy groups -OCH3 is 1. The Hall–Kier alpha value is -1.09. The largest absolute Gasteiger partial charge is 0.463 e. The van der Waals surface area contributed by atoms with Crippen LogP contribution >= 0.6 is 0 Å². The van der Waals surface area contributed by atoms with Gasteiger partial charge in [-0.2, -0.15) is 0 Å². The van der Waals surface area contributed by atoms with Gasteiger partial charge in [0.15, 0.2) is 0 Å². The average Bonchev–Trinajstić information content (AvgIpc) is 2.55. The van der Waals surface area contributed by atoms with Gasteiger partial charge in [-0.3, -0.25) is 4.79 Å². The van der Waals surface area contributed by atoms with Gasteiger partial charge in [0.1, 0.15) is 6.61 Å². The molecule has 23 heavy (non-hydrogen) atoms. The van der Waals surface area contributed by atoms with E-state index < -0.39 is 0 Å². The molecule has 0 atom stereocenters. The fourth-order valence-corrected chi connectivity index (χ4v) is 2.23. The third kappa shape index (κ3) is 18.9. The Kier molecular flexibility index (Phi) is 18.1. The zero-order chi connectivity index (χ0) is 17.0. The summed E-state index contributed by atoms with van der Waals surface area (Å²) in [5, 5.41) is 0. The molecule has 0 rings (SSSR count). The first-order valence-corrected chi connectivity index (χ1v) is 9.27. The minimum Gasteiger partial charge on any atom is -0.463 e. The highest BCUT2D eigenvalue weighted by Gasteiger charge is 2.01. The molecule has 0 amide bonds. The van der Waals surface area contributed by atoms with E-state index in [-0.39, 0.29) is 5.97 Å². The number of hydrogen-bond donors (Lipinski definition) is 0. The van der Waals surface area contributed by atoms with Crippen molar-refractivity contribution in [2.24, 2.45) is 0 Å². The fourth-order valence-electron chi connectivity index (χ4n) is 2.23. The van der Waals surface area contributed by atoms with Gasteiger partial charge in [-0.25, -0.2) is 0 Å². The van der Waals surface area contributed by atoms with Gasteiger partial charge in [-0.05, 0) is 32.1 Å². The molecule has 0 aliphatic heterocycles. The highest BCUT2D eigenvalue weighted by molar-refractivity contribution is 5.69. The predicted octanol–water partition coefficient (Wildman–Crippen LogP) is 5.60. The average molecular weight is 325 g/mol. The van der Waals surface area contributed by atoms with Gasteiger partial charge < -0.3 is 9.47 Å². The molecule has 0 aliphatic carbocycles. The molecular formula is C20H36O3.